The van der Waals surface area contributed by atoms with Crippen LogP contribution in [0.4, 0.5) is 5.69 Å². The third kappa shape index (κ3) is 3.53. The lowest BCUT2D eigenvalue weighted by atomic mass is 10.1. The van der Waals surface area contributed by atoms with Crippen molar-refractivity contribution >= 4 is 22.9 Å². The van der Waals surface area contributed by atoms with Crippen LogP contribution in [0.25, 0.3) is 0 Å². The Kier molecular flexibility index (Phi) is 4.43. The third-order valence-electron chi connectivity index (χ3n) is 4.06. The van der Waals surface area contributed by atoms with Gasteiger partial charge < -0.3 is 19.4 Å². The third-order valence-corrected chi connectivity index (χ3v) is 5.04. The number of aromatic nitrogens is 1. The molecule has 4 rings (SSSR count). The van der Waals surface area contributed by atoms with E-state index in [9.17, 15) is 4.79 Å². The van der Waals surface area contributed by atoms with Gasteiger partial charge in [-0.3, -0.25) is 4.79 Å². The van der Waals surface area contributed by atoms with Crippen molar-refractivity contribution in [3.63, 3.8) is 0 Å². The average molecular weight is 354 g/mol. The van der Waals surface area contributed by atoms with Crippen molar-refractivity contribution in [2.45, 2.75) is 12.5 Å². The normalized spacial score (nSPS) is 14.1. The number of rotatable bonds is 5. The second kappa shape index (κ2) is 7.03. The van der Waals surface area contributed by atoms with Crippen molar-refractivity contribution in [3.05, 3.63) is 65.1 Å². The number of nitrogens with zero attached hydrogens (tertiary/aromatic N) is 1. The van der Waals surface area contributed by atoms with Crippen molar-refractivity contribution in [1.82, 2.24) is 4.57 Å². The maximum atomic E-state index is 12.6. The Balaban J connectivity index is 1.49. The van der Waals surface area contributed by atoms with Gasteiger partial charge in [0.1, 0.15) is 13.2 Å². The molecular weight excluding hydrogens is 336 g/mol. The lowest BCUT2D eigenvalue weighted by Gasteiger charge is -2.20. The molecule has 1 aliphatic rings. The summed E-state index contributed by atoms with van der Waals surface area (Å²) >= 11 is 1.66. The van der Waals surface area contributed by atoms with E-state index in [-0.39, 0.29) is 11.9 Å². The van der Waals surface area contributed by atoms with Crippen molar-refractivity contribution in [3.8, 4) is 11.5 Å². The van der Waals surface area contributed by atoms with E-state index in [1.807, 2.05) is 54.2 Å². The zero-order valence-corrected chi connectivity index (χ0v) is 14.4. The van der Waals surface area contributed by atoms with Crippen molar-refractivity contribution < 1.29 is 14.3 Å². The van der Waals surface area contributed by atoms with Crippen LogP contribution in [0, 0.1) is 0 Å². The number of amides is 1. The SMILES string of the molecule is O=C(C[C@@H](c1cccs1)n1cccc1)Nc1ccc2c(c1)OCCO2. The van der Waals surface area contributed by atoms with Gasteiger partial charge in [-0.15, -0.1) is 11.3 Å². The van der Waals surface area contributed by atoms with E-state index in [4.69, 9.17) is 9.47 Å². The number of benzene rings is 1. The molecule has 0 fully saturated rings. The van der Waals surface area contributed by atoms with Gasteiger partial charge in [0.05, 0.1) is 12.5 Å². The Morgan fingerprint density at radius 1 is 1.12 bits per heavy atom. The summed E-state index contributed by atoms with van der Waals surface area (Å²) in [7, 11) is 0. The Labute approximate surface area is 149 Å². The molecule has 1 aliphatic heterocycles. The molecule has 25 heavy (non-hydrogen) atoms. The lowest BCUT2D eigenvalue weighted by molar-refractivity contribution is -0.116. The van der Waals surface area contributed by atoms with Gasteiger partial charge >= 0.3 is 0 Å². The number of fused-ring (bicyclic) bond motifs is 1. The van der Waals surface area contributed by atoms with Crippen LogP contribution in [-0.2, 0) is 4.79 Å². The van der Waals surface area contributed by atoms with Crippen LogP contribution < -0.4 is 14.8 Å². The molecule has 1 N–H and O–H groups in total. The number of nitrogens with one attached hydrogen (secondary N) is 1. The summed E-state index contributed by atoms with van der Waals surface area (Å²) in [4.78, 5) is 13.8. The molecule has 0 aliphatic carbocycles. The van der Waals surface area contributed by atoms with Crippen LogP contribution in [-0.4, -0.2) is 23.7 Å². The topological polar surface area (TPSA) is 52.5 Å². The first-order chi connectivity index (χ1) is 12.3. The molecule has 2 aromatic heterocycles. The largest absolute Gasteiger partial charge is 0.486 e. The number of thiophene rings is 1. The van der Waals surface area contributed by atoms with E-state index in [1.54, 1.807) is 11.3 Å². The second-order valence-electron chi connectivity index (χ2n) is 5.77. The van der Waals surface area contributed by atoms with E-state index in [1.165, 1.54) is 0 Å². The van der Waals surface area contributed by atoms with Crippen molar-refractivity contribution in [2.75, 3.05) is 18.5 Å². The van der Waals surface area contributed by atoms with Gasteiger partial charge in [0.15, 0.2) is 11.5 Å². The second-order valence-corrected chi connectivity index (χ2v) is 6.75. The molecule has 0 unspecified atom stereocenters. The van der Waals surface area contributed by atoms with Gasteiger partial charge in [0.2, 0.25) is 5.91 Å². The summed E-state index contributed by atoms with van der Waals surface area (Å²) in [6, 6.07) is 13.5. The first-order valence-electron chi connectivity index (χ1n) is 8.15. The first-order valence-corrected chi connectivity index (χ1v) is 9.03. The Morgan fingerprint density at radius 3 is 2.68 bits per heavy atom. The van der Waals surface area contributed by atoms with Crippen LogP contribution >= 0.6 is 11.3 Å². The minimum absolute atomic E-state index is 0.00721. The predicted octanol–water partition coefficient (Wildman–Crippen LogP) is 3.94. The summed E-state index contributed by atoms with van der Waals surface area (Å²) in [6.07, 6.45) is 4.34. The summed E-state index contributed by atoms with van der Waals surface area (Å²) < 4.78 is 13.1. The molecule has 5 nitrogen and oxygen atoms in total. The average Bonchev–Trinajstić information content (AvgIpc) is 3.33. The maximum Gasteiger partial charge on any atom is 0.226 e. The molecule has 6 heteroatoms. The summed E-state index contributed by atoms with van der Waals surface area (Å²) in [5, 5.41) is 5.00. The molecule has 1 aromatic carbocycles. The fourth-order valence-corrected chi connectivity index (χ4v) is 3.73. The Bertz CT molecular complexity index is 809. The number of anilines is 1. The van der Waals surface area contributed by atoms with Crippen molar-refractivity contribution in [2.24, 2.45) is 0 Å². The minimum atomic E-state index is -0.0382. The van der Waals surface area contributed by atoms with Gasteiger partial charge in [0.25, 0.3) is 0 Å². The molecule has 0 saturated heterocycles. The molecule has 1 atom stereocenters. The highest BCUT2D eigenvalue weighted by atomic mass is 32.1. The minimum Gasteiger partial charge on any atom is -0.486 e. The summed E-state index contributed by atoms with van der Waals surface area (Å²) in [5.74, 6) is 1.35. The van der Waals surface area contributed by atoms with Gasteiger partial charge in [-0.1, -0.05) is 6.07 Å². The number of hydrogen-bond donors (Lipinski definition) is 1. The van der Waals surface area contributed by atoms with Gasteiger partial charge in [-0.2, -0.15) is 0 Å². The molecule has 0 saturated carbocycles. The van der Waals surface area contributed by atoms with E-state index in [0.29, 0.717) is 36.8 Å². The predicted molar refractivity (Wildman–Crippen MR) is 97.6 cm³/mol. The highest BCUT2D eigenvalue weighted by Crippen LogP contribution is 2.33. The maximum absolute atomic E-state index is 12.6. The number of carbonyl (C=O) groups excluding carboxylic acids is 1. The van der Waals surface area contributed by atoms with E-state index in [0.717, 1.165) is 4.88 Å². The van der Waals surface area contributed by atoms with Crippen LogP contribution in [0.5, 0.6) is 11.5 Å². The van der Waals surface area contributed by atoms with Crippen molar-refractivity contribution in [1.29, 1.82) is 0 Å². The molecular formula is C19H18N2O3S. The summed E-state index contributed by atoms with van der Waals surface area (Å²) in [6.45, 7) is 1.08. The fraction of sp³-hybridized carbons (Fsp3) is 0.211. The van der Waals surface area contributed by atoms with E-state index < -0.39 is 0 Å². The van der Waals surface area contributed by atoms with Gasteiger partial charge in [0, 0.05) is 29.0 Å². The standard InChI is InChI=1S/C19H18N2O3S/c22-19(20-14-5-6-16-17(12-14)24-10-9-23-16)13-15(18-4-3-11-25-18)21-7-1-2-8-21/h1-8,11-12,15H,9-10,13H2,(H,20,22)/t15-/m0/s1. The number of carbonyl (C=O) groups is 1. The van der Waals surface area contributed by atoms with E-state index in [2.05, 4.69) is 16.0 Å². The number of ether oxygens (including phenoxy) is 2. The first kappa shape index (κ1) is 15.8. The molecule has 0 bridgehead atoms. The lowest BCUT2D eigenvalue weighted by Crippen LogP contribution is -2.19. The zero-order valence-electron chi connectivity index (χ0n) is 13.6. The van der Waals surface area contributed by atoms with Gasteiger partial charge in [-0.05, 0) is 35.7 Å². The number of hydrogen-bond acceptors (Lipinski definition) is 4. The molecule has 128 valence electrons. The van der Waals surface area contributed by atoms with E-state index >= 15 is 0 Å². The molecule has 3 heterocycles. The van der Waals surface area contributed by atoms with Gasteiger partial charge in [-0.25, -0.2) is 0 Å². The molecule has 1 amide bonds. The Hall–Kier alpha value is -2.73. The highest BCUT2D eigenvalue weighted by Gasteiger charge is 2.19. The Morgan fingerprint density at radius 2 is 1.92 bits per heavy atom. The van der Waals surface area contributed by atoms with Crippen LogP contribution in [0.1, 0.15) is 17.3 Å². The fourth-order valence-electron chi connectivity index (χ4n) is 2.90. The van der Waals surface area contributed by atoms with Crippen LogP contribution in [0.15, 0.2) is 60.2 Å². The molecule has 3 aromatic rings. The van der Waals surface area contributed by atoms with Crippen LogP contribution in [0.3, 0.4) is 0 Å². The molecule has 0 radical (unpaired) electrons. The highest BCUT2D eigenvalue weighted by molar-refractivity contribution is 7.10. The summed E-state index contributed by atoms with van der Waals surface area (Å²) in [5.41, 5.74) is 0.715. The molecule has 0 spiro atoms. The smallest absolute Gasteiger partial charge is 0.226 e. The van der Waals surface area contributed by atoms with Crippen LogP contribution in [0.2, 0.25) is 0 Å². The quantitative estimate of drug-likeness (QED) is 0.755. The zero-order chi connectivity index (χ0) is 17.1. The monoisotopic (exact) mass is 354 g/mol.